The van der Waals surface area contributed by atoms with E-state index in [9.17, 15) is 19.2 Å². The van der Waals surface area contributed by atoms with Gasteiger partial charge >= 0.3 is 11.9 Å². The third kappa shape index (κ3) is 10.6. The lowest BCUT2D eigenvalue weighted by atomic mass is 10.1. The summed E-state index contributed by atoms with van der Waals surface area (Å²) in [4.78, 5) is 43.9. The van der Waals surface area contributed by atoms with Crippen LogP contribution >= 0.6 is 0 Å². The third-order valence-corrected chi connectivity index (χ3v) is 2.47. The summed E-state index contributed by atoms with van der Waals surface area (Å²) in [6, 6.07) is -2.00. The molecular weight excluding hydrogens is 294 g/mol. The minimum Gasteiger partial charge on any atom is -0.480 e. The van der Waals surface area contributed by atoms with E-state index in [1.165, 1.54) is 0 Å². The number of carboxylic acid groups (broad SMARTS) is 2. The highest BCUT2D eigenvalue weighted by Crippen LogP contribution is 1.98. The molecule has 9 heteroatoms. The van der Waals surface area contributed by atoms with Gasteiger partial charge in [0.1, 0.15) is 18.6 Å². The Morgan fingerprint density at radius 2 is 1.68 bits per heavy atom. The Morgan fingerprint density at radius 1 is 1.14 bits per heavy atom. The molecule has 0 fully saturated rings. The van der Waals surface area contributed by atoms with E-state index in [1.54, 1.807) is 6.92 Å². The van der Waals surface area contributed by atoms with Gasteiger partial charge in [0.25, 0.3) is 0 Å². The van der Waals surface area contributed by atoms with Crippen molar-refractivity contribution in [3.8, 4) is 0 Å². The molecule has 0 aliphatic heterocycles. The Balaban J connectivity index is 0. The summed E-state index contributed by atoms with van der Waals surface area (Å²) in [6.45, 7) is 5.11. The molecule has 0 bridgehead atoms. The Labute approximate surface area is 129 Å². The van der Waals surface area contributed by atoms with Crippen molar-refractivity contribution in [1.82, 2.24) is 10.6 Å². The number of rotatable bonds is 9. The number of carbonyl (C=O) groups is 4. The van der Waals surface area contributed by atoms with Crippen LogP contribution in [0.3, 0.4) is 0 Å². The van der Waals surface area contributed by atoms with Gasteiger partial charge in [-0.1, -0.05) is 20.8 Å². The molecule has 9 nitrogen and oxygen atoms in total. The predicted molar refractivity (Wildman–Crippen MR) is 79.1 cm³/mol. The van der Waals surface area contributed by atoms with E-state index in [1.807, 2.05) is 13.8 Å². The SMILES string of the molecule is CC.CCC(NC(=O)CCC(N)C(=O)O)C(=O)NCC(=O)O. The van der Waals surface area contributed by atoms with Crippen LogP contribution < -0.4 is 16.4 Å². The van der Waals surface area contributed by atoms with Gasteiger partial charge in [0.05, 0.1) is 0 Å². The number of hydrogen-bond donors (Lipinski definition) is 5. The summed E-state index contributed by atoms with van der Waals surface area (Å²) in [5, 5.41) is 21.5. The first-order valence-electron chi connectivity index (χ1n) is 7.05. The number of carbonyl (C=O) groups excluding carboxylic acids is 2. The molecule has 0 saturated heterocycles. The first kappa shape index (κ1) is 22.1. The summed E-state index contributed by atoms with van der Waals surface area (Å²) < 4.78 is 0. The zero-order chi connectivity index (χ0) is 17.7. The lowest BCUT2D eigenvalue weighted by molar-refractivity contribution is -0.139. The summed E-state index contributed by atoms with van der Waals surface area (Å²) in [7, 11) is 0. The zero-order valence-electron chi connectivity index (χ0n) is 13.1. The van der Waals surface area contributed by atoms with Gasteiger partial charge in [0.15, 0.2) is 0 Å². The summed E-state index contributed by atoms with van der Waals surface area (Å²) in [6.07, 6.45) is 0.104. The molecule has 2 amide bonds. The van der Waals surface area contributed by atoms with Crippen molar-refractivity contribution in [3.05, 3.63) is 0 Å². The van der Waals surface area contributed by atoms with Crippen molar-refractivity contribution < 1.29 is 29.4 Å². The Kier molecular flexibility index (Phi) is 12.6. The van der Waals surface area contributed by atoms with Gasteiger partial charge in [0, 0.05) is 6.42 Å². The van der Waals surface area contributed by atoms with E-state index in [0.717, 1.165) is 0 Å². The smallest absolute Gasteiger partial charge is 0.322 e. The lowest BCUT2D eigenvalue weighted by Crippen LogP contribution is -2.47. The number of nitrogens with two attached hydrogens (primary N) is 1. The van der Waals surface area contributed by atoms with Gasteiger partial charge in [0.2, 0.25) is 11.8 Å². The Morgan fingerprint density at radius 3 is 2.09 bits per heavy atom. The largest absolute Gasteiger partial charge is 0.480 e. The maximum atomic E-state index is 11.6. The molecule has 0 rings (SSSR count). The molecule has 0 radical (unpaired) electrons. The van der Waals surface area contributed by atoms with E-state index in [4.69, 9.17) is 15.9 Å². The fraction of sp³-hybridized carbons (Fsp3) is 0.692. The molecule has 6 N–H and O–H groups in total. The van der Waals surface area contributed by atoms with E-state index in [0.29, 0.717) is 0 Å². The number of amides is 2. The highest BCUT2D eigenvalue weighted by atomic mass is 16.4. The number of aliphatic carboxylic acids is 2. The fourth-order valence-corrected chi connectivity index (χ4v) is 1.32. The second-order valence-corrected chi connectivity index (χ2v) is 4.12. The molecule has 0 aromatic heterocycles. The van der Waals surface area contributed by atoms with Crippen LogP contribution in [-0.2, 0) is 19.2 Å². The lowest BCUT2D eigenvalue weighted by Gasteiger charge is -2.16. The first-order valence-corrected chi connectivity index (χ1v) is 7.05. The van der Waals surface area contributed by atoms with E-state index in [-0.39, 0.29) is 19.3 Å². The first-order chi connectivity index (χ1) is 10.3. The molecule has 2 atom stereocenters. The van der Waals surface area contributed by atoms with Crippen molar-refractivity contribution in [1.29, 1.82) is 0 Å². The molecule has 0 aromatic carbocycles. The molecular formula is C13H25N3O6. The summed E-state index contributed by atoms with van der Waals surface area (Å²) >= 11 is 0. The quantitative estimate of drug-likeness (QED) is 0.375. The molecule has 0 aromatic rings. The zero-order valence-corrected chi connectivity index (χ0v) is 13.1. The topological polar surface area (TPSA) is 159 Å². The fourth-order valence-electron chi connectivity index (χ4n) is 1.32. The van der Waals surface area contributed by atoms with Crippen LogP contribution in [0.2, 0.25) is 0 Å². The monoisotopic (exact) mass is 319 g/mol. The van der Waals surface area contributed by atoms with Gasteiger partial charge in [-0.05, 0) is 12.8 Å². The molecule has 0 aliphatic rings. The van der Waals surface area contributed by atoms with Crippen LogP contribution in [0.25, 0.3) is 0 Å². The minimum absolute atomic E-state index is 0.0473. The number of nitrogens with one attached hydrogen (secondary N) is 2. The molecule has 0 saturated carbocycles. The number of carboxylic acids is 2. The van der Waals surface area contributed by atoms with Crippen LogP contribution in [0.5, 0.6) is 0 Å². The standard InChI is InChI=1S/C11H19N3O6.C2H6/c1-2-7(10(18)13-5-9(16)17)14-8(15)4-3-6(12)11(19)20;1-2/h6-7H,2-5,12H2,1H3,(H,13,18)(H,14,15)(H,16,17)(H,19,20);1-2H3. The van der Waals surface area contributed by atoms with Crippen molar-refractivity contribution >= 4 is 23.8 Å². The predicted octanol–water partition coefficient (Wildman–Crippen LogP) is -0.700. The number of hydrogen-bond acceptors (Lipinski definition) is 5. The van der Waals surface area contributed by atoms with Crippen LogP contribution in [0.15, 0.2) is 0 Å². The highest BCUT2D eigenvalue weighted by molar-refractivity contribution is 5.89. The van der Waals surface area contributed by atoms with Gasteiger partial charge in [-0.15, -0.1) is 0 Å². The molecule has 128 valence electrons. The van der Waals surface area contributed by atoms with Crippen LogP contribution in [0, 0.1) is 0 Å². The van der Waals surface area contributed by atoms with E-state index in [2.05, 4.69) is 10.6 Å². The second-order valence-electron chi connectivity index (χ2n) is 4.12. The highest BCUT2D eigenvalue weighted by Gasteiger charge is 2.20. The van der Waals surface area contributed by atoms with Crippen molar-refractivity contribution in [2.75, 3.05) is 6.54 Å². The van der Waals surface area contributed by atoms with Crippen LogP contribution in [0.1, 0.15) is 40.0 Å². The molecule has 0 spiro atoms. The van der Waals surface area contributed by atoms with Crippen molar-refractivity contribution in [3.63, 3.8) is 0 Å². The average Bonchev–Trinajstić information content (AvgIpc) is 2.49. The Hall–Kier alpha value is -2.16. The van der Waals surface area contributed by atoms with Crippen LogP contribution in [0.4, 0.5) is 0 Å². The Bertz CT molecular complexity index is 386. The maximum Gasteiger partial charge on any atom is 0.322 e. The normalized spacial score (nSPS) is 12.2. The van der Waals surface area contributed by atoms with Gasteiger partial charge in [-0.2, -0.15) is 0 Å². The van der Waals surface area contributed by atoms with Crippen LogP contribution in [-0.4, -0.2) is 52.6 Å². The average molecular weight is 319 g/mol. The molecule has 0 aliphatic carbocycles. The molecule has 22 heavy (non-hydrogen) atoms. The third-order valence-electron chi connectivity index (χ3n) is 2.47. The van der Waals surface area contributed by atoms with Gasteiger partial charge in [-0.3, -0.25) is 19.2 Å². The molecule has 0 heterocycles. The summed E-state index contributed by atoms with van der Waals surface area (Å²) in [5.74, 6) is -3.51. The second kappa shape index (κ2) is 12.6. The summed E-state index contributed by atoms with van der Waals surface area (Å²) in [5.41, 5.74) is 5.24. The van der Waals surface area contributed by atoms with E-state index >= 15 is 0 Å². The molecule has 2 unspecified atom stereocenters. The van der Waals surface area contributed by atoms with E-state index < -0.39 is 42.4 Å². The van der Waals surface area contributed by atoms with Gasteiger partial charge in [-0.25, -0.2) is 0 Å². The maximum absolute atomic E-state index is 11.6. The minimum atomic E-state index is -1.20. The van der Waals surface area contributed by atoms with Gasteiger partial charge < -0.3 is 26.6 Å². The van der Waals surface area contributed by atoms with Crippen molar-refractivity contribution in [2.24, 2.45) is 5.73 Å². The van der Waals surface area contributed by atoms with Crippen molar-refractivity contribution in [2.45, 2.75) is 52.1 Å².